The second-order valence-electron chi connectivity index (χ2n) is 4.00. The minimum absolute atomic E-state index is 0.0871. The van der Waals surface area contributed by atoms with Crippen molar-refractivity contribution >= 4 is 17.4 Å². The van der Waals surface area contributed by atoms with Gasteiger partial charge in [0.2, 0.25) is 5.89 Å². The number of nitrogens with two attached hydrogens (primary N) is 1. The van der Waals surface area contributed by atoms with Crippen molar-refractivity contribution < 1.29 is 17.7 Å². The Balaban J connectivity index is 2.06. The van der Waals surface area contributed by atoms with Gasteiger partial charge < -0.3 is 10.3 Å². The predicted octanol–water partition coefficient (Wildman–Crippen LogP) is 3.53. The number of hydrogen-bond donors (Lipinski definition) is 1. The van der Waals surface area contributed by atoms with Crippen LogP contribution in [-0.4, -0.2) is 10.1 Å². The Kier molecular flexibility index (Phi) is 4.22. The number of rotatable bonds is 4. The summed E-state index contributed by atoms with van der Waals surface area (Å²) in [7, 11) is 0. The maximum atomic E-state index is 12.5. The minimum atomic E-state index is -4.39. The second-order valence-corrected chi connectivity index (χ2v) is 5.01. The van der Waals surface area contributed by atoms with Crippen LogP contribution >= 0.6 is 11.8 Å². The molecule has 0 spiro atoms. The topological polar surface area (TPSA) is 64.9 Å². The fourth-order valence-corrected chi connectivity index (χ4v) is 2.28. The molecule has 1 aromatic carbocycles. The van der Waals surface area contributed by atoms with E-state index in [-0.39, 0.29) is 5.69 Å². The normalized spacial score (nSPS) is 11.8. The van der Waals surface area contributed by atoms with Gasteiger partial charge in [-0.2, -0.15) is 18.2 Å². The van der Waals surface area contributed by atoms with Gasteiger partial charge in [0.05, 0.1) is 11.3 Å². The molecular weight excluding hydrogens is 291 g/mol. The molecule has 0 amide bonds. The number of nitrogens with zero attached hydrogens (tertiary/aromatic N) is 2. The van der Waals surface area contributed by atoms with E-state index in [0.29, 0.717) is 28.8 Å². The van der Waals surface area contributed by atoms with Gasteiger partial charge in [0, 0.05) is 17.0 Å². The van der Waals surface area contributed by atoms with E-state index < -0.39 is 11.7 Å². The number of benzene rings is 1. The van der Waals surface area contributed by atoms with Crippen molar-refractivity contribution in [3.05, 3.63) is 35.5 Å². The molecule has 0 saturated heterocycles. The highest BCUT2D eigenvalue weighted by molar-refractivity contribution is 7.98. The summed E-state index contributed by atoms with van der Waals surface area (Å²) in [6.07, 6.45) is -3.75. The zero-order valence-electron chi connectivity index (χ0n) is 10.6. The van der Waals surface area contributed by atoms with Crippen molar-refractivity contribution in [1.82, 2.24) is 10.1 Å². The molecule has 2 N–H and O–H groups in total. The molecule has 1 heterocycles. The molecule has 0 aliphatic carbocycles. The molecule has 0 atom stereocenters. The highest BCUT2D eigenvalue weighted by Crippen LogP contribution is 2.34. The number of anilines is 1. The molecule has 8 heteroatoms. The van der Waals surface area contributed by atoms with E-state index in [0.717, 1.165) is 12.1 Å². The molecule has 108 valence electrons. The summed E-state index contributed by atoms with van der Waals surface area (Å²) < 4.78 is 42.4. The summed E-state index contributed by atoms with van der Waals surface area (Å²) >= 11 is 1.27. The fraction of sp³-hybridized carbons (Fsp3) is 0.333. The number of hydrogen-bond acceptors (Lipinski definition) is 5. The molecule has 0 saturated carbocycles. The number of thioether (sulfide) groups is 1. The summed E-state index contributed by atoms with van der Waals surface area (Å²) in [6, 6.07) is 3.28. The van der Waals surface area contributed by atoms with Crippen molar-refractivity contribution in [2.75, 3.05) is 5.73 Å². The molecule has 0 bridgehead atoms. The Bertz CT molecular complexity index is 598. The van der Waals surface area contributed by atoms with E-state index in [9.17, 15) is 13.2 Å². The standard InChI is InChI=1S/C12H12F3N3OS/c1-2-11-17-10(18-19-11)6-20-9-4-3-7(5-8(9)16)12(13,14)15/h3-5H,2,6,16H2,1H3. The lowest BCUT2D eigenvalue weighted by Gasteiger charge is -2.09. The first-order chi connectivity index (χ1) is 9.40. The van der Waals surface area contributed by atoms with Gasteiger partial charge in [-0.25, -0.2) is 0 Å². The Labute approximate surface area is 117 Å². The third-order valence-corrected chi connectivity index (χ3v) is 3.59. The SMILES string of the molecule is CCc1nc(CSc2ccc(C(F)(F)F)cc2N)no1. The quantitative estimate of drug-likeness (QED) is 0.691. The summed E-state index contributed by atoms with van der Waals surface area (Å²) in [5.74, 6) is 1.41. The Morgan fingerprint density at radius 2 is 2.10 bits per heavy atom. The van der Waals surface area contributed by atoms with E-state index in [1.165, 1.54) is 17.8 Å². The third kappa shape index (κ3) is 3.44. The van der Waals surface area contributed by atoms with E-state index in [2.05, 4.69) is 10.1 Å². The van der Waals surface area contributed by atoms with Crippen LogP contribution in [0.5, 0.6) is 0 Å². The van der Waals surface area contributed by atoms with Crippen LogP contribution in [0.25, 0.3) is 0 Å². The molecule has 20 heavy (non-hydrogen) atoms. The fourth-order valence-electron chi connectivity index (χ4n) is 1.49. The molecule has 0 unspecified atom stereocenters. The maximum absolute atomic E-state index is 12.5. The molecule has 0 radical (unpaired) electrons. The van der Waals surface area contributed by atoms with Crippen LogP contribution in [0.4, 0.5) is 18.9 Å². The number of nitrogen functional groups attached to an aromatic ring is 1. The van der Waals surface area contributed by atoms with E-state index in [4.69, 9.17) is 10.3 Å². The monoisotopic (exact) mass is 303 g/mol. The zero-order chi connectivity index (χ0) is 14.8. The largest absolute Gasteiger partial charge is 0.416 e. The summed E-state index contributed by atoms with van der Waals surface area (Å²) in [5.41, 5.74) is 4.96. The lowest BCUT2D eigenvalue weighted by Crippen LogP contribution is -2.05. The average Bonchev–Trinajstić information content (AvgIpc) is 2.84. The van der Waals surface area contributed by atoms with Gasteiger partial charge in [-0.05, 0) is 18.2 Å². The maximum Gasteiger partial charge on any atom is 0.416 e. The lowest BCUT2D eigenvalue weighted by atomic mass is 10.2. The van der Waals surface area contributed by atoms with Gasteiger partial charge in [-0.3, -0.25) is 0 Å². The molecule has 1 aromatic heterocycles. The van der Waals surface area contributed by atoms with Gasteiger partial charge in [0.1, 0.15) is 0 Å². The van der Waals surface area contributed by atoms with Crippen LogP contribution in [-0.2, 0) is 18.3 Å². The first kappa shape index (κ1) is 14.7. The van der Waals surface area contributed by atoms with Gasteiger partial charge in [-0.1, -0.05) is 12.1 Å². The molecular formula is C12H12F3N3OS. The summed E-state index contributed by atoms with van der Waals surface area (Å²) in [6.45, 7) is 1.89. The van der Waals surface area contributed by atoms with Crippen LogP contribution in [0.2, 0.25) is 0 Å². The second kappa shape index (κ2) is 5.74. The van der Waals surface area contributed by atoms with Crippen molar-refractivity contribution in [3.63, 3.8) is 0 Å². The summed E-state index contributed by atoms with van der Waals surface area (Å²) in [4.78, 5) is 4.67. The molecule has 4 nitrogen and oxygen atoms in total. The van der Waals surface area contributed by atoms with Crippen LogP contribution in [0.15, 0.2) is 27.6 Å². The first-order valence-corrected chi connectivity index (χ1v) is 6.79. The summed E-state index contributed by atoms with van der Waals surface area (Å²) in [5, 5.41) is 3.76. The molecule has 0 aliphatic heterocycles. The van der Waals surface area contributed by atoms with E-state index in [1.54, 1.807) is 0 Å². The van der Waals surface area contributed by atoms with Crippen LogP contribution < -0.4 is 5.73 Å². The molecule has 0 fully saturated rings. The molecule has 2 aromatic rings. The number of halogens is 3. The lowest BCUT2D eigenvalue weighted by molar-refractivity contribution is -0.137. The van der Waals surface area contributed by atoms with E-state index in [1.807, 2.05) is 6.92 Å². The smallest absolute Gasteiger partial charge is 0.398 e. The number of aryl methyl sites for hydroxylation is 1. The van der Waals surface area contributed by atoms with E-state index >= 15 is 0 Å². The van der Waals surface area contributed by atoms with Crippen molar-refractivity contribution in [2.45, 2.75) is 30.2 Å². The highest BCUT2D eigenvalue weighted by atomic mass is 32.2. The number of aromatic nitrogens is 2. The van der Waals surface area contributed by atoms with Gasteiger partial charge in [0.15, 0.2) is 5.82 Å². The van der Waals surface area contributed by atoms with Crippen molar-refractivity contribution in [3.8, 4) is 0 Å². The minimum Gasteiger partial charge on any atom is -0.398 e. The molecule has 2 rings (SSSR count). The van der Waals surface area contributed by atoms with Crippen LogP contribution in [0.1, 0.15) is 24.2 Å². The Hall–Kier alpha value is -1.70. The first-order valence-electron chi connectivity index (χ1n) is 5.81. The van der Waals surface area contributed by atoms with Gasteiger partial charge in [0.25, 0.3) is 0 Å². The van der Waals surface area contributed by atoms with Crippen molar-refractivity contribution in [2.24, 2.45) is 0 Å². The van der Waals surface area contributed by atoms with Gasteiger partial charge >= 0.3 is 6.18 Å². The Morgan fingerprint density at radius 3 is 2.65 bits per heavy atom. The van der Waals surface area contributed by atoms with Gasteiger partial charge in [-0.15, -0.1) is 11.8 Å². The van der Waals surface area contributed by atoms with Crippen molar-refractivity contribution in [1.29, 1.82) is 0 Å². The van der Waals surface area contributed by atoms with Crippen LogP contribution in [0.3, 0.4) is 0 Å². The predicted molar refractivity (Wildman–Crippen MR) is 69.1 cm³/mol. The zero-order valence-corrected chi connectivity index (χ0v) is 11.4. The molecule has 0 aliphatic rings. The Morgan fingerprint density at radius 1 is 1.35 bits per heavy atom. The third-order valence-electron chi connectivity index (χ3n) is 2.51. The number of alkyl halides is 3. The van der Waals surface area contributed by atoms with Crippen LogP contribution in [0, 0.1) is 0 Å². The highest BCUT2D eigenvalue weighted by Gasteiger charge is 2.30. The average molecular weight is 303 g/mol.